The molecule has 1 aromatic carbocycles. The molecule has 3 heteroatoms. The SMILES string of the molecule is c1ccc(C2CC(c3cccnc3)NN2)cc1. The molecule has 2 aromatic rings. The number of rotatable bonds is 2. The van der Waals surface area contributed by atoms with Crippen molar-refractivity contribution < 1.29 is 0 Å². The second-order valence-corrected chi connectivity index (χ2v) is 4.33. The van der Waals surface area contributed by atoms with Crippen molar-refractivity contribution in [2.24, 2.45) is 0 Å². The third-order valence-electron chi connectivity index (χ3n) is 3.19. The van der Waals surface area contributed by atoms with Crippen LogP contribution in [0.4, 0.5) is 0 Å². The number of hydrogen-bond donors (Lipinski definition) is 2. The summed E-state index contributed by atoms with van der Waals surface area (Å²) >= 11 is 0. The molecular formula is C14H15N3. The molecule has 1 aromatic heterocycles. The Morgan fingerprint density at radius 2 is 1.59 bits per heavy atom. The second kappa shape index (κ2) is 4.65. The van der Waals surface area contributed by atoms with Crippen LogP contribution >= 0.6 is 0 Å². The molecule has 2 N–H and O–H groups in total. The fraction of sp³-hybridized carbons (Fsp3) is 0.214. The van der Waals surface area contributed by atoms with Gasteiger partial charge in [0, 0.05) is 24.5 Å². The van der Waals surface area contributed by atoms with E-state index in [4.69, 9.17) is 0 Å². The molecule has 0 radical (unpaired) electrons. The molecule has 0 bridgehead atoms. The van der Waals surface area contributed by atoms with E-state index in [9.17, 15) is 0 Å². The van der Waals surface area contributed by atoms with Gasteiger partial charge in [-0.05, 0) is 23.6 Å². The van der Waals surface area contributed by atoms with E-state index in [0.717, 1.165) is 6.42 Å². The van der Waals surface area contributed by atoms with Gasteiger partial charge in [0.25, 0.3) is 0 Å². The van der Waals surface area contributed by atoms with E-state index in [-0.39, 0.29) is 0 Å². The predicted molar refractivity (Wildman–Crippen MR) is 67.0 cm³/mol. The largest absolute Gasteiger partial charge is 0.264 e. The number of pyridine rings is 1. The highest BCUT2D eigenvalue weighted by atomic mass is 15.4. The predicted octanol–water partition coefficient (Wildman–Crippen LogP) is 2.36. The zero-order valence-electron chi connectivity index (χ0n) is 9.51. The van der Waals surface area contributed by atoms with Crippen LogP contribution in [-0.2, 0) is 0 Å². The van der Waals surface area contributed by atoms with Crippen molar-refractivity contribution in [2.45, 2.75) is 18.5 Å². The molecule has 0 aliphatic carbocycles. The van der Waals surface area contributed by atoms with Crippen LogP contribution in [0.3, 0.4) is 0 Å². The summed E-state index contributed by atoms with van der Waals surface area (Å²) in [6.45, 7) is 0. The number of nitrogens with zero attached hydrogens (tertiary/aromatic N) is 1. The first-order valence-electron chi connectivity index (χ1n) is 5.89. The molecule has 1 saturated heterocycles. The highest BCUT2D eigenvalue weighted by molar-refractivity contribution is 5.23. The van der Waals surface area contributed by atoms with Crippen LogP contribution < -0.4 is 10.9 Å². The Balaban J connectivity index is 1.75. The van der Waals surface area contributed by atoms with Crippen LogP contribution in [0.5, 0.6) is 0 Å². The zero-order valence-corrected chi connectivity index (χ0v) is 9.51. The maximum Gasteiger partial charge on any atom is 0.0496 e. The quantitative estimate of drug-likeness (QED) is 0.824. The van der Waals surface area contributed by atoms with Gasteiger partial charge < -0.3 is 0 Å². The van der Waals surface area contributed by atoms with E-state index in [1.165, 1.54) is 11.1 Å². The molecule has 86 valence electrons. The molecule has 1 fully saturated rings. The summed E-state index contributed by atoms with van der Waals surface area (Å²) < 4.78 is 0. The molecule has 3 rings (SSSR count). The minimum absolute atomic E-state index is 0.342. The minimum atomic E-state index is 0.342. The Morgan fingerprint density at radius 3 is 2.29 bits per heavy atom. The first kappa shape index (κ1) is 10.4. The smallest absolute Gasteiger partial charge is 0.0496 e. The number of hydrogen-bond acceptors (Lipinski definition) is 3. The fourth-order valence-electron chi connectivity index (χ4n) is 2.26. The van der Waals surface area contributed by atoms with Gasteiger partial charge in [-0.3, -0.25) is 4.98 Å². The molecule has 2 unspecified atom stereocenters. The van der Waals surface area contributed by atoms with E-state index < -0.39 is 0 Å². The summed E-state index contributed by atoms with van der Waals surface area (Å²) in [5, 5.41) is 0. The van der Waals surface area contributed by atoms with Gasteiger partial charge in [-0.15, -0.1) is 0 Å². The standard InChI is InChI=1S/C14H15N3/c1-2-5-11(6-3-1)13-9-14(17-16-13)12-7-4-8-15-10-12/h1-8,10,13-14,16-17H,9H2. The van der Waals surface area contributed by atoms with Crippen LogP contribution in [0.15, 0.2) is 54.9 Å². The van der Waals surface area contributed by atoms with Crippen molar-refractivity contribution in [3.63, 3.8) is 0 Å². The molecule has 0 amide bonds. The van der Waals surface area contributed by atoms with E-state index in [1.54, 1.807) is 6.20 Å². The van der Waals surface area contributed by atoms with Gasteiger partial charge in [0.1, 0.15) is 0 Å². The average Bonchev–Trinajstić information content (AvgIpc) is 2.90. The van der Waals surface area contributed by atoms with Crippen molar-refractivity contribution in [1.29, 1.82) is 0 Å². The molecule has 0 saturated carbocycles. The number of aromatic nitrogens is 1. The lowest BCUT2D eigenvalue weighted by atomic mass is 9.99. The van der Waals surface area contributed by atoms with E-state index in [0.29, 0.717) is 12.1 Å². The highest BCUT2D eigenvalue weighted by Gasteiger charge is 2.25. The van der Waals surface area contributed by atoms with Crippen molar-refractivity contribution in [3.05, 3.63) is 66.0 Å². The Bertz CT molecular complexity index is 424. The number of hydrazine groups is 1. The summed E-state index contributed by atoms with van der Waals surface area (Å²) in [6, 6.07) is 15.3. The van der Waals surface area contributed by atoms with Gasteiger partial charge in [0.15, 0.2) is 0 Å². The normalized spacial score (nSPS) is 23.8. The molecule has 1 aliphatic heterocycles. The van der Waals surface area contributed by atoms with Gasteiger partial charge in [-0.25, -0.2) is 10.9 Å². The van der Waals surface area contributed by atoms with Crippen LogP contribution in [0.25, 0.3) is 0 Å². The summed E-state index contributed by atoms with van der Waals surface area (Å²) in [7, 11) is 0. The molecule has 2 heterocycles. The van der Waals surface area contributed by atoms with Gasteiger partial charge in [0.05, 0.1) is 0 Å². The average molecular weight is 225 g/mol. The first-order valence-corrected chi connectivity index (χ1v) is 5.89. The lowest BCUT2D eigenvalue weighted by molar-refractivity contribution is 0.554. The van der Waals surface area contributed by atoms with E-state index in [1.807, 2.05) is 18.3 Å². The van der Waals surface area contributed by atoms with E-state index in [2.05, 4.69) is 46.2 Å². The molecule has 0 spiro atoms. The van der Waals surface area contributed by atoms with Crippen LogP contribution in [0.2, 0.25) is 0 Å². The lowest BCUT2D eigenvalue weighted by Crippen LogP contribution is -2.26. The van der Waals surface area contributed by atoms with Crippen molar-refractivity contribution in [1.82, 2.24) is 15.8 Å². The van der Waals surface area contributed by atoms with Crippen molar-refractivity contribution >= 4 is 0 Å². The molecular weight excluding hydrogens is 210 g/mol. The Hall–Kier alpha value is -1.71. The number of benzene rings is 1. The monoisotopic (exact) mass is 225 g/mol. The second-order valence-electron chi connectivity index (χ2n) is 4.33. The van der Waals surface area contributed by atoms with Gasteiger partial charge in [-0.1, -0.05) is 36.4 Å². The number of nitrogens with one attached hydrogen (secondary N) is 2. The lowest BCUT2D eigenvalue weighted by Gasteiger charge is -2.09. The summed E-state index contributed by atoms with van der Waals surface area (Å²) in [4.78, 5) is 4.16. The van der Waals surface area contributed by atoms with E-state index >= 15 is 0 Å². The summed E-state index contributed by atoms with van der Waals surface area (Å²) in [6.07, 6.45) is 4.78. The third-order valence-corrected chi connectivity index (χ3v) is 3.19. The third kappa shape index (κ3) is 2.20. The summed E-state index contributed by atoms with van der Waals surface area (Å²) in [5.74, 6) is 0. The maximum atomic E-state index is 4.16. The maximum absolute atomic E-state index is 4.16. The van der Waals surface area contributed by atoms with Crippen LogP contribution in [0, 0.1) is 0 Å². The van der Waals surface area contributed by atoms with Gasteiger partial charge in [-0.2, -0.15) is 0 Å². The van der Waals surface area contributed by atoms with Gasteiger partial charge in [0.2, 0.25) is 0 Å². The Labute approximate surface area is 101 Å². The summed E-state index contributed by atoms with van der Waals surface area (Å²) in [5.41, 5.74) is 9.24. The first-order chi connectivity index (χ1) is 8.43. The molecule has 17 heavy (non-hydrogen) atoms. The van der Waals surface area contributed by atoms with Crippen LogP contribution in [-0.4, -0.2) is 4.98 Å². The Kier molecular flexibility index (Phi) is 2.86. The zero-order chi connectivity index (χ0) is 11.5. The van der Waals surface area contributed by atoms with Gasteiger partial charge >= 0.3 is 0 Å². The molecule has 3 nitrogen and oxygen atoms in total. The highest BCUT2D eigenvalue weighted by Crippen LogP contribution is 2.29. The fourth-order valence-corrected chi connectivity index (χ4v) is 2.26. The molecule has 2 atom stereocenters. The minimum Gasteiger partial charge on any atom is -0.264 e. The molecule has 1 aliphatic rings. The topological polar surface area (TPSA) is 37.0 Å². The van der Waals surface area contributed by atoms with Crippen molar-refractivity contribution in [2.75, 3.05) is 0 Å². The Morgan fingerprint density at radius 1 is 0.882 bits per heavy atom. The van der Waals surface area contributed by atoms with Crippen molar-refractivity contribution in [3.8, 4) is 0 Å². The van der Waals surface area contributed by atoms with Crippen LogP contribution in [0.1, 0.15) is 29.6 Å².